The zero-order valence-corrected chi connectivity index (χ0v) is 18.5. The van der Waals surface area contributed by atoms with Crippen molar-refractivity contribution in [2.45, 2.75) is 19.9 Å². The second-order valence-electron chi connectivity index (χ2n) is 7.40. The number of aliphatic hydroxyl groups is 1. The molecule has 2 heterocycles. The van der Waals surface area contributed by atoms with Crippen LogP contribution < -0.4 is 4.74 Å². The highest BCUT2D eigenvalue weighted by Gasteiger charge is 2.46. The number of aromatic nitrogens is 1. The van der Waals surface area contributed by atoms with Gasteiger partial charge in [0.1, 0.15) is 24.2 Å². The molecule has 1 fully saturated rings. The monoisotopic (exact) mass is 435 g/mol. The summed E-state index contributed by atoms with van der Waals surface area (Å²) < 4.78 is 5.48. The second kappa shape index (κ2) is 10.7. The number of amides is 1. The van der Waals surface area contributed by atoms with Crippen molar-refractivity contribution < 1.29 is 19.4 Å². The lowest BCUT2D eigenvalue weighted by molar-refractivity contribution is -0.140. The largest absolute Gasteiger partial charge is 0.507 e. The lowest BCUT2D eigenvalue weighted by Crippen LogP contribution is -2.38. The molecule has 2 aromatic rings. The van der Waals surface area contributed by atoms with Gasteiger partial charge in [-0.2, -0.15) is 0 Å². The van der Waals surface area contributed by atoms with E-state index in [2.05, 4.69) is 30.3 Å². The Hall–Kier alpha value is -3.45. The Morgan fingerprint density at radius 3 is 2.50 bits per heavy atom. The number of carbonyl (C=O) groups is 2. The van der Waals surface area contributed by atoms with Crippen LogP contribution in [-0.2, 0) is 9.59 Å². The fraction of sp³-hybridized carbons (Fsp3) is 0.320. The Kier molecular flexibility index (Phi) is 7.78. The first-order chi connectivity index (χ1) is 15.5. The van der Waals surface area contributed by atoms with Crippen molar-refractivity contribution in [2.75, 3.05) is 32.8 Å². The molecular formula is C25H29N3O4. The highest BCUT2D eigenvalue weighted by molar-refractivity contribution is 6.46. The molecule has 7 heteroatoms. The van der Waals surface area contributed by atoms with Gasteiger partial charge in [-0.3, -0.25) is 14.6 Å². The Morgan fingerprint density at radius 1 is 1.19 bits per heavy atom. The zero-order chi connectivity index (χ0) is 23.1. The van der Waals surface area contributed by atoms with Gasteiger partial charge in [0.05, 0.1) is 11.3 Å². The molecule has 0 bridgehead atoms. The van der Waals surface area contributed by atoms with Crippen LogP contribution in [0.5, 0.6) is 5.75 Å². The van der Waals surface area contributed by atoms with Crippen LogP contribution in [0.1, 0.15) is 31.1 Å². The number of benzene rings is 1. The number of likely N-dealkylation sites (N-methyl/N-ethyl adjacent to an activating group) is 1. The highest BCUT2D eigenvalue weighted by Crippen LogP contribution is 2.38. The summed E-state index contributed by atoms with van der Waals surface area (Å²) in [6, 6.07) is 11.3. The molecule has 1 aromatic heterocycles. The van der Waals surface area contributed by atoms with Crippen LogP contribution in [-0.4, -0.2) is 64.4 Å². The molecule has 7 nitrogen and oxygen atoms in total. The van der Waals surface area contributed by atoms with E-state index in [1.54, 1.807) is 54.7 Å². The number of likely N-dealkylation sites (tertiary alicyclic amines) is 1. The lowest BCUT2D eigenvalue weighted by Gasteiger charge is -2.27. The number of hydrogen-bond donors (Lipinski definition) is 1. The molecule has 32 heavy (non-hydrogen) atoms. The van der Waals surface area contributed by atoms with Crippen LogP contribution in [0.2, 0.25) is 0 Å². The van der Waals surface area contributed by atoms with Crippen molar-refractivity contribution in [3.63, 3.8) is 0 Å². The molecule has 3 rings (SSSR count). The normalized spacial score (nSPS) is 17.7. The third-order valence-corrected chi connectivity index (χ3v) is 5.56. The van der Waals surface area contributed by atoms with E-state index in [0.29, 0.717) is 36.7 Å². The minimum Gasteiger partial charge on any atom is -0.507 e. The number of nitrogens with zero attached hydrogens (tertiary/aromatic N) is 3. The SMILES string of the molecule is C=CCOc1ccc(C(O)=C2C(=O)C(=O)N(CCN(CC)CC)C2c2ccccn2)cc1. The summed E-state index contributed by atoms with van der Waals surface area (Å²) >= 11 is 0. The van der Waals surface area contributed by atoms with E-state index < -0.39 is 17.7 Å². The number of pyridine rings is 1. The van der Waals surface area contributed by atoms with E-state index in [9.17, 15) is 14.7 Å². The van der Waals surface area contributed by atoms with Crippen molar-refractivity contribution in [1.82, 2.24) is 14.8 Å². The summed E-state index contributed by atoms with van der Waals surface area (Å²) in [7, 11) is 0. The highest BCUT2D eigenvalue weighted by atomic mass is 16.5. The molecule has 1 N–H and O–H groups in total. The smallest absolute Gasteiger partial charge is 0.295 e. The molecule has 1 atom stereocenters. The summed E-state index contributed by atoms with van der Waals surface area (Å²) in [5.41, 5.74) is 1.02. The Balaban J connectivity index is 2.00. The van der Waals surface area contributed by atoms with Crippen molar-refractivity contribution in [2.24, 2.45) is 0 Å². The van der Waals surface area contributed by atoms with Gasteiger partial charge in [0.2, 0.25) is 0 Å². The summed E-state index contributed by atoms with van der Waals surface area (Å²) in [5.74, 6) is -0.938. The number of Topliss-reactive ketones (excluding diaryl/α,β-unsaturated/α-hetero) is 1. The van der Waals surface area contributed by atoms with Crippen LogP contribution in [0.15, 0.2) is 66.9 Å². The second-order valence-corrected chi connectivity index (χ2v) is 7.40. The average Bonchev–Trinajstić information content (AvgIpc) is 3.08. The molecule has 1 saturated heterocycles. The van der Waals surface area contributed by atoms with Gasteiger partial charge >= 0.3 is 0 Å². The van der Waals surface area contributed by atoms with Gasteiger partial charge in [-0.15, -0.1) is 0 Å². The first-order valence-electron chi connectivity index (χ1n) is 10.8. The number of ketones is 1. The predicted octanol–water partition coefficient (Wildman–Crippen LogP) is 3.41. The Labute approximate surface area is 188 Å². The lowest BCUT2D eigenvalue weighted by atomic mass is 9.98. The third-order valence-electron chi connectivity index (χ3n) is 5.56. The quantitative estimate of drug-likeness (QED) is 0.267. The van der Waals surface area contributed by atoms with Gasteiger partial charge < -0.3 is 19.6 Å². The molecule has 1 aliphatic rings. The van der Waals surface area contributed by atoms with Crippen LogP contribution in [0.25, 0.3) is 5.76 Å². The van der Waals surface area contributed by atoms with Crippen LogP contribution in [0.4, 0.5) is 0 Å². The zero-order valence-electron chi connectivity index (χ0n) is 18.5. The van der Waals surface area contributed by atoms with Gasteiger partial charge in [0.25, 0.3) is 11.7 Å². The summed E-state index contributed by atoms with van der Waals surface area (Å²) in [5, 5.41) is 11.1. The molecule has 1 amide bonds. The maximum absolute atomic E-state index is 13.0. The van der Waals surface area contributed by atoms with E-state index in [0.717, 1.165) is 13.1 Å². The van der Waals surface area contributed by atoms with Gasteiger partial charge in [-0.25, -0.2) is 0 Å². The molecular weight excluding hydrogens is 406 g/mol. The topological polar surface area (TPSA) is 83.0 Å². The molecule has 1 unspecified atom stereocenters. The standard InChI is InChI=1S/C25H29N3O4/c1-4-17-32-19-12-10-18(11-13-19)23(29)21-22(20-9-7-8-14-26-20)28(25(31)24(21)30)16-15-27(5-2)6-3/h4,7-14,22,29H,1,5-6,15-17H2,2-3H3. The molecule has 0 radical (unpaired) electrons. The van der Waals surface area contributed by atoms with E-state index in [4.69, 9.17) is 4.74 Å². The molecule has 0 saturated carbocycles. The fourth-order valence-electron chi connectivity index (χ4n) is 3.76. The Bertz CT molecular complexity index is 982. The van der Waals surface area contributed by atoms with E-state index >= 15 is 0 Å². The summed E-state index contributed by atoms with van der Waals surface area (Å²) in [6.45, 7) is 10.8. The number of hydrogen-bond acceptors (Lipinski definition) is 6. The molecule has 1 aromatic carbocycles. The minimum atomic E-state index is -0.747. The minimum absolute atomic E-state index is 0.0491. The maximum atomic E-state index is 13.0. The fourth-order valence-corrected chi connectivity index (χ4v) is 3.76. The first-order valence-corrected chi connectivity index (χ1v) is 10.8. The van der Waals surface area contributed by atoms with Crippen LogP contribution >= 0.6 is 0 Å². The van der Waals surface area contributed by atoms with Gasteiger partial charge in [0.15, 0.2) is 0 Å². The number of aliphatic hydroxyl groups excluding tert-OH is 1. The van der Waals surface area contributed by atoms with Crippen molar-refractivity contribution in [1.29, 1.82) is 0 Å². The Morgan fingerprint density at radius 2 is 1.91 bits per heavy atom. The number of carbonyl (C=O) groups excluding carboxylic acids is 2. The molecule has 0 aliphatic carbocycles. The van der Waals surface area contributed by atoms with E-state index in [1.165, 1.54) is 4.90 Å². The maximum Gasteiger partial charge on any atom is 0.295 e. The number of ether oxygens (including phenoxy) is 1. The van der Waals surface area contributed by atoms with E-state index in [-0.39, 0.29) is 11.3 Å². The number of rotatable bonds is 10. The van der Waals surface area contributed by atoms with Crippen molar-refractivity contribution in [3.05, 3.63) is 78.1 Å². The third kappa shape index (κ3) is 4.89. The van der Waals surface area contributed by atoms with Crippen LogP contribution in [0, 0.1) is 0 Å². The summed E-state index contributed by atoms with van der Waals surface area (Å²) in [6.07, 6.45) is 3.26. The summed E-state index contributed by atoms with van der Waals surface area (Å²) in [4.78, 5) is 34.0. The molecule has 168 valence electrons. The molecule has 0 spiro atoms. The van der Waals surface area contributed by atoms with Gasteiger partial charge in [-0.05, 0) is 49.5 Å². The van der Waals surface area contributed by atoms with Gasteiger partial charge in [-0.1, -0.05) is 32.6 Å². The first kappa shape index (κ1) is 23.2. The van der Waals surface area contributed by atoms with Crippen molar-refractivity contribution in [3.8, 4) is 5.75 Å². The molecule has 1 aliphatic heterocycles. The van der Waals surface area contributed by atoms with Crippen LogP contribution in [0.3, 0.4) is 0 Å². The van der Waals surface area contributed by atoms with Gasteiger partial charge in [0, 0.05) is 24.8 Å². The van der Waals surface area contributed by atoms with Crippen molar-refractivity contribution >= 4 is 17.4 Å². The predicted molar refractivity (Wildman–Crippen MR) is 123 cm³/mol. The van der Waals surface area contributed by atoms with E-state index in [1.807, 2.05) is 0 Å². The average molecular weight is 436 g/mol.